The Morgan fingerprint density at radius 2 is 1.49 bits per heavy atom. The van der Waals surface area contributed by atoms with Gasteiger partial charge < -0.3 is 30.0 Å². The molecule has 1 aliphatic heterocycles. The second-order valence-electron chi connectivity index (χ2n) is 15.1. The summed E-state index contributed by atoms with van der Waals surface area (Å²) >= 11 is 1.73. The minimum Gasteiger partial charge on any atom is -0.496 e. The van der Waals surface area contributed by atoms with Gasteiger partial charge in [0.1, 0.15) is 5.75 Å². The number of aliphatic hydroxyl groups excluding tert-OH is 1. The van der Waals surface area contributed by atoms with Gasteiger partial charge in [0.25, 0.3) is 0 Å². The normalized spacial score (nSPS) is 28.0. The van der Waals surface area contributed by atoms with Crippen LogP contribution in [0.2, 0.25) is 0 Å². The summed E-state index contributed by atoms with van der Waals surface area (Å²) < 4.78 is 18.8. The molecule has 9 rings (SSSR count). The second-order valence-corrected chi connectivity index (χ2v) is 16.2. The van der Waals surface area contributed by atoms with E-state index in [-0.39, 0.29) is 30.4 Å². The Bertz CT molecular complexity index is 1780. The Hall–Kier alpha value is -3.82. The van der Waals surface area contributed by atoms with Crippen molar-refractivity contribution < 1.29 is 24.1 Å². The van der Waals surface area contributed by atoms with Gasteiger partial charge in [-0.15, -0.1) is 11.8 Å². The third kappa shape index (κ3) is 7.70. The molecule has 3 unspecified atom stereocenters. The van der Waals surface area contributed by atoms with Crippen LogP contribution in [0, 0.1) is 17.8 Å². The van der Waals surface area contributed by atoms with Crippen LogP contribution in [0.25, 0.3) is 11.1 Å². The molecular formula is C43H48N2O5S. The molecular weight excluding hydrogens is 657 g/mol. The summed E-state index contributed by atoms with van der Waals surface area (Å²) in [5.41, 5.74) is 6.14. The molecule has 4 bridgehead atoms. The van der Waals surface area contributed by atoms with E-state index in [0.29, 0.717) is 13.0 Å². The first-order valence-electron chi connectivity index (χ1n) is 18.5. The number of para-hydroxylation sites is 1. The van der Waals surface area contributed by atoms with Gasteiger partial charge in [0.15, 0.2) is 6.29 Å². The summed E-state index contributed by atoms with van der Waals surface area (Å²) in [7, 11) is 1.70. The third-order valence-electron chi connectivity index (χ3n) is 11.5. The number of urea groups is 1. The van der Waals surface area contributed by atoms with E-state index in [0.717, 1.165) is 86.8 Å². The van der Waals surface area contributed by atoms with Gasteiger partial charge in [-0.05, 0) is 96.2 Å². The van der Waals surface area contributed by atoms with Gasteiger partial charge in [0, 0.05) is 34.7 Å². The van der Waals surface area contributed by atoms with Crippen LogP contribution in [-0.4, -0.2) is 35.6 Å². The van der Waals surface area contributed by atoms with Crippen LogP contribution in [0.1, 0.15) is 79.6 Å². The van der Waals surface area contributed by atoms with E-state index in [9.17, 15) is 9.90 Å². The van der Waals surface area contributed by atoms with Crippen LogP contribution < -0.4 is 15.4 Å². The maximum atomic E-state index is 13.2. The van der Waals surface area contributed by atoms with Gasteiger partial charge in [-0.25, -0.2) is 4.79 Å². The van der Waals surface area contributed by atoms with Crippen LogP contribution in [0.4, 0.5) is 4.79 Å². The number of methoxy groups -OCH3 is 1. The summed E-state index contributed by atoms with van der Waals surface area (Å²) in [5.74, 6) is 3.98. The molecule has 0 spiro atoms. The van der Waals surface area contributed by atoms with Crippen molar-refractivity contribution in [2.24, 2.45) is 17.8 Å². The molecule has 4 aliphatic carbocycles. The molecule has 7 nitrogen and oxygen atoms in total. The number of ether oxygens (including phenoxy) is 3. The molecule has 1 saturated heterocycles. The molecule has 1 heterocycles. The van der Waals surface area contributed by atoms with Crippen LogP contribution in [0.15, 0.2) is 102 Å². The SMILES string of the molecule is COc1ccccc1SCC1CC(c2ccc(CO)cc2)OC(c2ccc(-c3ccccc3CNC(=O)NC34CC5CC(CC(C5)C3)C4)cc2)O1. The zero-order valence-corrected chi connectivity index (χ0v) is 30.1. The molecule has 8 heteroatoms. The van der Waals surface area contributed by atoms with Gasteiger partial charge in [-0.2, -0.15) is 0 Å². The van der Waals surface area contributed by atoms with Crippen LogP contribution in [0.3, 0.4) is 0 Å². The minimum atomic E-state index is -0.538. The Labute approximate surface area is 305 Å². The summed E-state index contributed by atoms with van der Waals surface area (Å²) in [4.78, 5) is 14.3. The largest absolute Gasteiger partial charge is 0.496 e. The molecule has 4 aromatic rings. The fourth-order valence-corrected chi connectivity index (χ4v) is 10.5. The van der Waals surface area contributed by atoms with Crippen molar-refractivity contribution in [2.45, 2.75) is 87.0 Å². The van der Waals surface area contributed by atoms with Crippen molar-refractivity contribution in [1.29, 1.82) is 0 Å². The molecule has 0 radical (unpaired) electrons. The van der Waals surface area contributed by atoms with E-state index in [2.05, 4.69) is 53.1 Å². The zero-order chi connectivity index (χ0) is 34.8. The Morgan fingerprint density at radius 1 is 0.824 bits per heavy atom. The lowest BCUT2D eigenvalue weighted by atomic mass is 9.53. The van der Waals surface area contributed by atoms with E-state index < -0.39 is 6.29 Å². The van der Waals surface area contributed by atoms with Crippen molar-refractivity contribution in [2.75, 3.05) is 12.9 Å². The molecule has 4 saturated carbocycles. The summed E-state index contributed by atoms with van der Waals surface area (Å²) in [6.07, 6.45) is 7.46. The lowest BCUT2D eigenvalue weighted by Gasteiger charge is -2.56. The van der Waals surface area contributed by atoms with Crippen molar-refractivity contribution in [3.05, 3.63) is 119 Å². The highest BCUT2D eigenvalue weighted by molar-refractivity contribution is 7.99. The Morgan fingerprint density at radius 3 is 2.20 bits per heavy atom. The highest BCUT2D eigenvalue weighted by Crippen LogP contribution is 2.55. The number of hydrogen-bond acceptors (Lipinski definition) is 6. The Balaban J connectivity index is 0.953. The van der Waals surface area contributed by atoms with Gasteiger partial charge >= 0.3 is 6.03 Å². The highest BCUT2D eigenvalue weighted by atomic mass is 32.2. The first-order chi connectivity index (χ1) is 25.0. The third-order valence-corrected chi connectivity index (χ3v) is 12.7. The number of amides is 2. The Kier molecular flexibility index (Phi) is 10.1. The minimum absolute atomic E-state index is 0.00849. The van der Waals surface area contributed by atoms with Crippen molar-refractivity contribution in [1.82, 2.24) is 10.6 Å². The first kappa shape index (κ1) is 34.3. The molecule has 5 aliphatic rings. The average Bonchev–Trinajstić information content (AvgIpc) is 3.16. The predicted octanol–water partition coefficient (Wildman–Crippen LogP) is 8.96. The van der Waals surface area contributed by atoms with Gasteiger partial charge in [-0.1, -0.05) is 84.9 Å². The molecule has 2 amide bonds. The second kappa shape index (κ2) is 15.0. The number of aliphatic hydroxyl groups is 1. The molecule has 4 aromatic carbocycles. The summed E-state index contributed by atoms with van der Waals surface area (Å²) in [5, 5.41) is 16.2. The van der Waals surface area contributed by atoms with Crippen molar-refractivity contribution in [3.63, 3.8) is 0 Å². The molecule has 0 aromatic heterocycles. The highest BCUT2D eigenvalue weighted by Gasteiger charge is 2.51. The maximum Gasteiger partial charge on any atom is 0.315 e. The quantitative estimate of drug-likeness (QED) is 0.135. The van der Waals surface area contributed by atoms with E-state index in [4.69, 9.17) is 14.2 Å². The van der Waals surface area contributed by atoms with Crippen molar-refractivity contribution in [3.8, 4) is 16.9 Å². The average molecular weight is 705 g/mol. The summed E-state index contributed by atoms with van der Waals surface area (Å²) in [6.45, 7) is 0.476. The molecule has 266 valence electrons. The van der Waals surface area contributed by atoms with Crippen LogP contribution in [-0.2, 0) is 22.6 Å². The van der Waals surface area contributed by atoms with Gasteiger partial charge in [0.05, 0.1) is 25.9 Å². The standard InChI is InChI=1S/C43H48N2O5S/c1-48-38-8-4-5-9-40(38)51-27-36-21-39(33-12-10-28(26-46)11-13-33)50-41(49-36)34-16-14-32(15-17-34)37-7-3-2-6-35(37)25-44-42(47)45-43-22-29-18-30(23-43)20-31(19-29)24-43/h2-17,29-31,36,39,41,46H,18-27H2,1H3,(H2,44,45,47). The number of carbonyl (C=O) groups is 1. The van der Waals surface area contributed by atoms with Gasteiger partial charge in [-0.3, -0.25) is 0 Å². The maximum absolute atomic E-state index is 13.2. The van der Waals surface area contributed by atoms with E-state index in [1.165, 1.54) is 19.3 Å². The lowest BCUT2D eigenvalue weighted by molar-refractivity contribution is -0.245. The predicted molar refractivity (Wildman–Crippen MR) is 200 cm³/mol. The van der Waals surface area contributed by atoms with Crippen LogP contribution in [0.5, 0.6) is 5.75 Å². The number of thioether (sulfide) groups is 1. The monoisotopic (exact) mass is 704 g/mol. The number of hydrogen-bond donors (Lipinski definition) is 3. The molecule has 3 atom stereocenters. The first-order valence-corrected chi connectivity index (χ1v) is 19.4. The van der Waals surface area contributed by atoms with Gasteiger partial charge in [0.2, 0.25) is 0 Å². The van der Waals surface area contributed by atoms with Crippen molar-refractivity contribution >= 4 is 17.8 Å². The number of benzene rings is 4. The summed E-state index contributed by atoms with van der Waals surface area (Å²) in [6, 6.07) is 32.7. The molecule has 3 N–H and O–H groups in total. The topological polar surface area (TPSA) is 89.0 Å². The molecule has 5 fully saturated rings. The smallest absolute Gasteiger partial charge is 0.315 e. The molecule has 51 heavy (non-hydrogen) atoms. The van der Waals surface area contributed by atoms with E-state index >= 15 is 0 Å². The number of rotatable bonds is 11. The number of nitrogens with one attached hydrogen (secondary N) is 2. The van der Waals surface area contributed by atoms with E-state index in [1.807, 2.05) is 54.6 Å². The number of carbonyl (C=O) groups excluding carboxylic acids is 1. The fraction of sp³-hybridized carbons (Fsp3) is 0.419. The fourth-order valence-electron chi connectivity index (χ4n) is 9.44. The van der Waals surface area contributed by atoms with Crippen LogP contribution >= 0.6 is 11.8 Å². The zero-order valence-electron chi connectivity index (χ0n) is 29.3. The lowest BCUT2D eigenvalue weighted by Crippen LogP contribution is -2.61. The van der Waals surface area contributed by atoms with E-state index in [1.54, 1.807) is 18.9 Å².